The van der Waals surface area contributed by atoms with Gasteiger partial charge in [0.25, 0.3) is 0 Å². The topological polar surface area (TPSA) is 59.0 Å². The maximum absolute atomic E-state index is 12.3. The first-order valence-electron chi connectivity index (χ1n) is 9.48. The Morgan fingerprint density at radius 2 is 1.85 bits per heavy atom. The van der Waals surface area contributed by atoms with Crippen LogP contribution in [-0.2, 0) is 6.42 Å². The summed E-state index contributed by atoms with van der Waals surface area (Å²) in [6, 6.07) is 20.4. The fourth-order valence-electron chi connectivity index (χ4n) is 3.31. The van der Waals surface area contributed by atoms with Crippen LogP contribution in [0, 0.1) is 5.92 Å². The highest BCUT2D eigenvalue weighted by Gasteiger charge is 2.33. The average Bonchev–Trinajstić information content (AvgIpc) is 3.40. The zero-order valence-corrected chi connectivity index (χ0v) is 15.2. The van der Waals surface area contributed by atoms with Crippen molar-refractivity contribution in [2.24, 2.45) is 5.92 Å². The number of rotatable bonds is 7. The van der Waals surface area contributed by atoms with Gasteiger partial charge in [0.05, 0.1) is 11.7 Å². The first kappa shape index (κ1) is 17.3. The number of nitrogens with one attached hydrogen (secondary N) is 2. The van der Waals surface area contributed by atoms with Gasteiger partial charge in [-0.15, -0.1) is 0 Å². The summed E-state index contributed by atoms with van der Waals surface area (Å²) < 4.78 is 1.83. The number of carbonyl (C=O) groups is 1. The molecule has 1 atom stereocenters. The molecule has 3 aromatic rings. The summed E-state index contributed by atoms with van der Waals surface area (Å²) in [6.45, 7) is 0.610. The Morgan fingerprint density at radius 1 is 1.07 bits per heavy atom. The minimum Gasteiger partial charge on any atom is -0.338 e. The highest BCUT2D eigenvalue weighted by atomic mass is 16.2. The summed E-state index contributed by atoms with van der Waals surface area (Å²) >= 11 is 0. The Kier molecular flexibility index (Phi) is 5.19. The van der Waals surface area contributed by atoms with Crippen molar-refractivity contribution in [2.45, 2.75) is 25.3 Å². The smallest absolute Gasteiger partial charge is 0.315 e. The lowest BCUT2D eigenvalue weighted by Crippen LogP contribution is -2.39. The molecule has 0 aliphatic heterocycles. The highest BCUT2D eigenvalue weighted by Crippen LogP contribution is 2.40. The molecule has 2 aromatic carbocycles. The van der Waals surface area contributed by atoms with Gasteiger partial charge in [0, 0.05) is 18.9 Å². The van der Waals surface area contributed by atoms with Gasteiger partial charge in [-0.3, -0.25) is 0 Å². The molecular weight excluding hydrogens is 336 g/mol. The summed E-state index contributed by atoms with van der Waals surface area (Å²) in [7, 11) is 0. The molecule has 4 rings (SSSR count). The van der Waals surface area contributed by atoms with E-state index in [2.05, 4.69) is 40.0 Å². The SMILES string of the molecule is O=C(NCCc1ccc(-n2cccn2)cc1)NC(c1ccccc1)C1CC1. The van der Waals surface area contributed by atoms with Gasteiger partial charge < -0.3 is 10.6 Å². The fraction of sp³-hybridized carbons (Fsp3) is 0.273. The van der Waals surface area contributed by atoms with Gasteiger partial charge in [-0.05, 0) is 54.5 Å². The number of hydrogen-bond acceptors (Lipinski definition) is 2. The molecule has 0 radical (unpaired) electrons. The van der Waals surface area contributed by atoms with Crippen LogP contribution in [-0.4, -0.2) is 22.4 Å². The number of nitrogens with zero attached hydrogens (tertiary/aromatic N) is 2. The van der Waals surface area contributed by atoms with Crippen LogP contribution in [0.3, 0.4) is 0 Å². The third kappa shape index (κ3) is 4.56. The van der Waals surface area contributed by atoms with Crippen molar-refractivity contribution in [3.63, 3.8) is 0 Å². The lowest BCUT2D eigenvalue weighted by molar-refractivity contribution is 0.235. The van der Waals surface area contributed by atoms with Crippen molar-refractivity contribution in [1.29, 1.82) is 0 Å². The third-order valence-corrected chi connectivity index (χ3v) is 4.94. The largest absolute Gasteiger partial charge is 0.338 e. The van der Waals surface area contributed by atoms with Crippen LogP contribution in [0.5, 0.6) is 0 Å². The van der Waals surface area contributed by atoms with Crippen LogP contribution in [0.15, 0.2) is 73.1 Å². The van der Waals surface area contributed by atoms with E-state index in [4.69, 9.17) is 0 Å². The van der Waals surface area contributed by atoms with Crippen LogP contribution in [0.1, 0.15) is 30.0 Å². The zero-order chi connectivity index (χ0) is 18.5. The van der Waals surface area contributed by atoms with Gasteiger partial charge in [0.1, 0.15) is 0 Å². The summed E-state index contributed by atoms with van der Waals surface area (Å²) in [5, 5.41) is 10.4. The monoisotopic (exact) mass is 360 g/mol. The molecule has 0 spiro atoms. The first-order chi connectivity index (χ1) is 13.3. The van der Waals surface area contributed by atoms with E-state index < -0.39 is 0 Å². The van der Waals surface area contributed by atoms with Gasteiger partial charge >= 0.3 is 6.03 Å². The maximum Gasteiger partial charge on any atom is 0.315 e. The maximum atomic E-state index is 12.3. The minimum absolute atomic E-state index is 0.0936. The van der Waals surface area contributed by atoms with Crippen molar-refractivity contribution in [2.75, 3.05) is 6.54 Å². The van der Waals surface area contributed by atoms with Crippen LogP contribution in [0.2, 0.25) is 0 Å². The van der Waals surface area contributed by atoms with E-state index in [-0.39, 0.29) is 12.1 Å². The van der Waals surface area contributed by atoms with Gasteiger partial charge in [-0.2, -0.15) is 5.10 Å². The molecule has 1 unspecified atom stereocenters. The summed E-state index contributed by atoms with van der Waals surface area (Å²) in [4.78, 5) is 12.3. The molecule has 138 valence electrons. The van der Waals surface area contributed by atoms with Crippen LogP contribution >= 0.6 is 0 Å². The Hall–Kier alpha value is -3.08. The Labute approximate surface area is 159 Å². The minimum atomic E-state index is -0.0936. The van der Waals surface area contributed by atoms with Crippen molar-refractivity contribution in [1.82, 2.24) is 20.4 Å². The Balaban J connectivity index is 1.27. The van der Waals surface area contributed by atoms with Crippen molar-refractivity contribution in [3.05, 3.63) is 84.2 Å². The van der Waals surface area contributed by atoms with Crippen molar-refractivity contribution in [3.8, 4) is 5.69 Å². The summed E-state index contributed by atoms with van der Waals surface area (Å²) in [6.07, 6.45) is 6.85. The van der Waals surface area contributed by atoms with E-state index >= 15 is 0 Å². The predicted molar refractivity (Wildman–Crippen MR) is 106 cm³/mol. The molecule has 0 saturated heterocycles. The van der Waals surface area contributed by atoms with Crippen LogP contribution < -0.4 is 10.6 Å². The number of carbonyl (C=O) groups excluding carboxylic acids is 1. The molecule has 27 heavy (non-hydrogen) atoms. The van der Waals surface area contributed by atoms with Gasteiger partial charge in [0.2, 0.25) is 0 Å². The molecule has 1 fully saturated rings. The molecule has 2 N–H and O–H groups in total. The highest BCUT2D eigenvalue weighted by molar-refractivity contribution is 5.74. The average molecular weight is 360 g/mol. The molecule has 5 heteroatoms. The van der Waals surface area contributed by atoms with Gasteiger partial charge in [0.15, 0.2) is 0 Å². The van der Waals surface area contributed by atoms with Gasteiger partial charge in [-0.25, -0.2) is 9.48 Å². The standard InChI is InChI=1S/C22H24N4O/c27-22(25-21(19-9-10-19)18-5-2-1-3-6-18)23-15-13-17-7-11-20(12-8-17)26-16-4-14-24-26/h1-8,11-12,14,16,19,21H,9-10,13,15H2,(H2,23,25,27). The number of urea groups is 1. The predicted octanol–water partition coefficient (Wildman–Crippen LogP) is 3.87. The zero-order valence-electron chi connectivity index (χ0n) is 15.2. The Bertz CT molecular complexity index is 855. The Morgan fingerprint density at radius 3 is 2.52 bits per heavy atom. The number of hydrogen-bond donors (Lipinski definition) is 2. The molecule has 1 saturated carbocycles. The van der Waals surface area contributed by atoms with E-state index in [1.165, 1.54) is 24.0 Å². The number of benzene rings is 2. The third-order valence-electron chi connectivity index (χ3n) is 4.94. The molecule has 1 heterocycles. The summed E-state index contributed by atoms with van der Waals surface area (Å²) in [5.41, 5.74) is 3.40. The van der Waals surface area contributed by atoms with Crippen LogP contribution in [0.4, 0.5) is 4.79 Å². The molecular formula is C22H24N4O. The van der Waals surface area contributed by atoms with E-state index in [0.717, 1.165) is 12.1 Å². The second-order valence-corrected chi connectivity index (χ2v) is 6.99. The normalized spacial score (nSPS) is 14.5. The van der Waals surface area contributed by atoms with Crippen molar-refractivity contribution < 1.29 is 4.79 Å². The molecule has 1 aliphatic carbocycles. The second kappa shape index (κ2) is 8.08. The molecule has 5 nitrogen and oxygen atoms in total. The van der Waals surface area contributed by atoms with Gasteiger partial charge in [-0.1, -0.05) is 42.5 Å². The summed E-state index contributed by atoms with van der Waals surface area (Å²) in [5.74, 6) is 0.563. The number of amides is 2. The molecule has 1 aliphatic rings. The number of aromatic nitrogens is 2. The molecule has 2 amide bonds. The second-order valence-electron chi connectivity index (χ2n) is 6.99. The fourth-order valence-corrected chi connectivity index (χ4v) is 3.31. The first-order valence-corrected chi connectivity index (χ1v) is 9.48. The van der Waals surface area contributed by atoms with E-state index in [0.29, 0.717) is 12.5 Å². The van der Waals surface area contributed by atoms with Crippen molar-refractivity contribution >= 4 is 6.03 Å². The molecule has 0 bridgehead atoms. The lowest BCUT2D eigenvalue weighted by Gasteiger charge is -2.19. The van der Waals surface area contributed by atoms with Crippen LogP contribution in [0.25, 0.3) is 5.69 Å². The van der Waals surface area contributed by atoms with E-state index in [1.54, 1.807) is 6.20 Å². The van der Waals surface area contributed by atoms with E-state index in [1.807, 2.05) is 47.3 Å². The molecule has 1 aromatic heterocycles. The lowest BCUT2D eigenvalue weighted by atomic mass is 10.0. The van der Waals surface area contributed by atoms with E-state index in [9.17, 15) is 4.79 Å². The quantitative estimate of drug-likeness (QED) is 0.672.